The molecule has 0 spiro atoms. The lowest BCUT2D eigenvalue weighted by atomic mass is 10.1. The van der Waals surface area contributed by atoms with Crippen molar-refractivity contribution >= 4 is 29.2 Å². The molecule has 1 aromatic heterocycles. The number of benzene rings is 1. The fourth-order valence-corrected chi connectivity index (χ4v) is 3.65. The highest BCUT2D eigenvalue weighted by Crippen LogP contribution is 2.19. The Hall–Kier alpha value is -2.40. The maximum atomic E-state index is 12.7. The molecule has 1 aliphatic carbocycles. The first-order valence-corrected chi connectivity index (χ1v) is 9.44. The van der Waals surface area contributed by atoms with Crippen molar-refractivity contribution in [2.45, 2.75) is 38.6 Å². The number of hydrogen-bond acceptors (Lipinski definition) is 3. The third-order valence-corrected chi connectivity index (χ3v) is 5.11. The van der Waals surface area contributed by atoms with Gasteiger partial charge in [0, 0.05) is 16.5 Å². The number of aryl methyl sites for hydroxylation is 1. The van der Waals surface area contributed by atoms with Crippen molar-refractivity contribution in [3.8, 4) is 0 Å². The van der Waals surface area contributed by atoms with Crippen LogP contribution >= 0.6 is 11.3 Å². The topological polar surface area (TPSA) is 58.2 Å². The molecule has 1 heterocycles. The Morgan fingerprint density at radius 2 is 1.96 bits per heavy atom. The van der Waals surface area contributed by atoms with Gasteiger partial charge in [-0.3, -0.25) is 9.59 Å². The number of thiophene rings is 1. The van der Waals surface area contributed by atoms with Crippen LogP contribution in [0.4, 0.5) is 0 Å². The Kier molecular flexibility index (Phi) is 5.66. The molecule has 1 aliphatic rings. The molecular weight excluding hydrogens is 332 g/mol. The van der Waals surface area contributed by atoms with Gasteiger partial charge in [-0.05, 0) is 49.4 Å². The molecule has 0 unspecified atom stereocenters. The van der Waals surface area contributed by atoms with Crippen molar-refractivity contribution in [2.24, 2.45) is 0 Å². The van der Waals surface area contributed by atoms with Crippen molar-refractivity contribution in [3.63, 3.8) is 0 Å². The molecule has 0 bridgehead atoms. The average molecular weight is 354 g/mol. The Labute approximate surface area is 152 Å². The molecule has 1 fully saturated rings. The smallest absolute Gasteiger partial charge is 0.268 e. The molecule has 2 aromatic rings. The normalized spacial score (nSPS) is 15.2. The first-order chi connectivity index (χ1) is 12.1. The Morgan fingerprint density at radius 1 is 1.16 bits per heavy atom. The first kappa shape index (κ1) is 17.4. The molecule has 2 N–H and O–H groups in total. The van der Waals surface area contributed by atoms with E-state index in [4.69, 9.17) is 0 Å². The number of rotatable bonds is 5. The Balaban J connectivity index is 1.78. The van der Waals surface area contributed by atoms with Crippen molar-refractivity contribution in [3.05, 3.63) is 63.5 Å². The van der Waals surface area contributed by atoms with Crippen LogP contribution in [0.15, 0.2) is 47.5 Å². The molecule has 0 radical (unpaired) electrons. The molecule has 1 aromatic carbocycles. The second-order valence-corrected chi connectivity index (χ2v) is 7.33. The lowest BCUT2D eigenvalue weighted by molar-refractivity contribution is -0.118. The fourth-order valence-electron chi connectivity index (χ4n) is 2.99. The molecule has 0 atom stereocenters. The zero-order valence-corrected chi connectivity index (χ0v) is 15.1. The molecule has 130 valence electrons. The monoisotopic (exact) mass is 354 g/mol. The van der Waals surface area contributed by atoms with Crippen LogP contribution in [0.2, 0.25) is 0 Å². The minimum absolute atomic E-state index is 0.204. The van der Waals surface area contributed by atoms with E-state index in [0.29, 0.717) is 11.3 Å². The highest BCUT2D eigenvalue weighted by Gasteiger charge is 2.21. The third-order valence-electron chi connectivity index (χ3n) is 4.29. The van der Waals surface area contributed by atoms with E-state index in [0.717, 1.165) is 36.1 Å². The lowest BCUT2D eigenvalue weighted by Gasteiger charge is -2.15. The summed E-state index contributed by atoms with van der Waals surface area (Å²) in [5.74, 6) is -0.491. The summed E-state index contributed by atoms with van der Waals surface area (Å²) in [6.45, 7) is 1.94. The van der Waals surface area contributed by atoms with E-state index >= 15 is 0 Å². The zero-order valence-electron chi connectivity index (χ0n) is 14.2. The van der Waals surface area contributed by atoms with Crippen LogP contribution in [0.5, 0.6) is 0 Å². The van der Waals surface area contributed by atoms with Crippen LogP contribution in [-0.4, -0.2) is 17.9 Å². The SMILES string of the molecule is Cc1cccc(C(=O)N/C(=C\c2cccs2)C(=O)NC2CCCC2)c1. The molecule has 25 heavy (non-hydrogen) atoms. The summed E-state index contributed by atoms with van der Waals surface area (Å²) in [6, 6.07) is 11.4. The number of nitrogens with one attached hydrogen (secondary N) is 2. The summed E-state index contributed by atoms with van der Waals surface area (Å²) in [4.78, 5) is 26.2. The molecule has 0 aliphatic heterocycles. The van der Waals surface area contributed by atoms with E-state index in [1.165, 1.54) is 11.3 Å². The van der Waals surface area contributed by atoms with E-state index < -0.39 is 0 Å². The van der Waals surface area contributed by atoms with Crippen molar-refractivity contribution < 1.29 is 9.59 Å². The van der Waals surface area contributed by atoms with Crippen LogP contribution in [-0.2, 0) is 4.79 Å². The highest BCUT2D eigenvalue weighted by atomic mass is 32.1. The van der Waals surface area contributed by atoms with E-state index in [-0.39, 0.29) is 17.9 Å². The summed E-state index contributed by atoms with van der Waals surface area (Å²) in [5, 5.41) is 7.78. The number of carbonyl (C=O) groups excluding carboxylic acids is 2. The van der Waals surface area contributed by atoms with Gasteiger partial charge < -0.3 is 10.6 Å². The molecular formula is C20H22N2O2S. The van der Waals surface area contributed by atoms with E-state index in [1.807, 2.05) is 42.6 Å². The second-order valence-electron chi connectivity index (χ2n) is 6.35. The van der Waals surface area contributed by atoms with Gasteiger partial charge in [0.15, 0.2) is 0 Å². The van der Waals surface area contributed by atoms with E-state index in [9.17, 15) is 9.59 Å². The first-order valence-electron chi connectivity index (χ1n) is 8.56. The summed E-state index contributed by atoms with van der Waals surface area (Å²) < 4.78 is 0. The van der Waals surface area contributed by atoms with E-state index in [2.05, 4.69) is 10.6 Å². The van der Waals surface area contributed by atoms with Crippen molar-refractivity contribution in [1.29, 1.82) is 0 Å². The molecule has 4 nitrogen and oxygen atoms in total. The van der Waals surface area contributed by atoms with Crippen molar-refractivity contribution in [2.75, 3.05) is 0 Å². The minimum Gasteiger partial charge on any atom is -0.348 e. The van der Waals surface area contributed by atoms with Gasteiger partial charge >= 0.3 is 0 Å². The van der Waals surface area contributed by atoms with Gasteiger partial charge in [-0.15, -0.1) is 11.3 Å². The Morgan fingerprint density at radius 3 is 2.64 bits per heavy atom. The van der Waals surface area contributed by atoms with Gasteiger partial charge in [-0.25, -0.2) is 0 Å². The van der Waals surface area contributed by atoms with Crippen LogP contribution in [0.25, 0.3) is 6.08 Å². The van der Waals surface area contributed by atoms with Gasteiger partial charge in [0.25, 0.3) is 11.8 Å². The highest BCUT2D eigenvalue weighted by molar-refractivity contribution is 7.10. The number of carbonyl (C=O) groups is 2. The van der Waals surface area contributed by atoms with Crippen LogP contribution < -0.4 is 10.6 Å². The van der Waals surface area contributed by atoms with Gasteiger partial charge in [0.05, 0.1) is 0 Å². The van der Waals surface area contributed by atoms with Crippen LogP contribution in [0.3, 0.4) is 0 Å². The minimum atomic E-state index is -0.270. The van der Waals surface area contributed by atoms with Gasteiger partial charge in [0.2, 0.25) is 0 Å². The van der Waals surface area contributed by atoms with Crippen LogP contribution in [0.1, 0.15) is 46.5 Å². The summed E-state index contributed by atoms with van der Waals surface area (Å²) in [6.07, 6.45) is 6.03. The Bertz CT molecular complexity index is 775. The maximum Gasteiger partial charge on any atom is 0.268 e. The summed E-state index contributed by atoms with van der Waals surface area (Å²) in [7, 11) is 0. The van der Waals surface area contributed by atoms with Crippen molar-refractivity contribution in [1.82, 2.24) is 10.6 Å². The molecule has 3 rings (SSSR count). The third kappa shape index (κ3) is 4.79. The number of amides is 2. The summed E-state index contributed by atoms with van der Waals surface area (Å²) in [5.41, 5.74) is 1.85. The zero-order chi connectivity index (χ0) is 17.6. The largest absolute Gasteiger partial charge is 0.348 e. The van der Waals surface area contributed by atoms with Gasteiger partial charge in [0.1, 0.15) is 5.70 Å². The fraction of sp³-hybridized carbons (Fsp3) is 0.300. The second kappa shape index (κ2) is 8.12. The van der Waals surface area contributed by atoms with E-state index in [1.54, 1.807) is 12.1 Å². The van der Waals surface area contributed by atoms with Gasteiger partial charge in [-0.2, -0.15) is 0 Å². The van der Waals surface area contributed by atoms with Gasteiger partial charge in [-0.1, -0.05) is 36.6 Å². The average Bonchev–Trinajstić information content (AvgIpc) is 3.28. The quantitative estimate of drug-likeness (QED) is 0.801. The maximum absolute atomic E-state index is 12.7. The molecule has 0 saturated heterocycles. The lowest BCUT2D eigenvalue weighted by Crippen LogP contribution is -2.39. The number of hydrogen-bond donors (Lipinski definition) is 2. The molecule has 1 saturated carbocycles. The molecule has 5 heteroatoms. The van der Waals surface area contributed by atoms with Crippen LogP contribution in [0, 0.1) is 6.92 Å². The summed E-state index contributed by atoms with van der Waals surface area (Å²) >= 11 is 1.53. The molecule has 2 amide bonds. The predicted octanol–water partition coefficient (Wildman–Crippen LogP) is 3.89. The standard InChI is InChI=1S/C20H22N2O2S/c1-14-6-4-7-15(12-14)19(23)22-18(13-17-10-5-11-25-17)20(24)21-16-8-2-3-9-16/h4-7,10-13,16H,2-3,8-9H2,1H3,(H,21,24)(H,22,23)/b18-13-. The predicted molar refractivity (Wildman–Crippen MR) is 101 cm³/mol.